The van der Waals surface area contributed by atoms with Crippen LogP contribution in [0.1, 0.15) is 25.8 Å². The minimum atomic E-state index is -3.33. The second kappa shape index (κ2) is 6.79. The standard InChI is InChI=1S/C13H22N2O2S3/c1-10(2)14-7-11-6-13(19-8-11)20(16,17)15(3)12-4-5-18-9-12/h6,8,10,12,14H,4-5,7,9H2,1-3H3. The highest BCUT2D eigenvalue weighted by Gasteiger charge is 2.31. The van der Waals surface area contributed by atoms with Crippen molar-refractivity contribution in [3.63, 3.8) is 0 Å². The maximum atomic E-state index is 12.6. The molecule has 114 valence electrons. The molecule has 0 spiro atoms. The maximum absolute atomic E-state index is 12.6. The van der Waals surface area contributed by atoms with Gasteiger partial charge in [-0.2, -0.15) is 16.1 Å². The summed E-state index contributed by atoms with van der Waals surface area (Å²) in [4.78, 5) is 0. The van der Waals surface area contributed by atoms with Crippen LogP contribution in [0.5, 0.6) is 0 Å². The van der Waals surface area contributed by atoms with Gasteiger partial charge in [0.1, 0.15) is 4.21 Å². The Morgan fingerprint density at radius 2 is 2.25 bits per heavy atom. The van der Waals surface area contributed by atoms with Gasteiger partial charge in [-0.05, 0) is 29.2 Å². The van der Waals surface area contributed by atoms with Crippen molar-refractivity contribution in [3.8, 4) is 0 Å². The number of nitrogens with one attached hydrogen (secondary N) is 1. The molecule has 4 nitrogen and oxygen atoms in total. The molecule has 2 heterocycles. The highest BCUT2D eigenvalue weighted by atomic mass is 32.2. The Labute approximate surface area is 130 Å². The second-order valence-corrected chi connectivity index (χ2v) is 9.63. The average Bonchev–Trinajstić information content (AvgIpc) is 3.06. The molecule has 1 fully saturated rings. The number of rotatable bonds is 6. The van der Waals surface area contributed by atoms with Crippen LogP contribution < -0.4 is 5.32 Å². The Bertz CT molecular complexity index is 534. The van der Waals surface area contributed by atoms with Gasteiger partial charge in [0.25, 0.3) is 10.0 Å². The first-order valence-corrected chi connectivity index (χ1v) is 10.3. The molecule has 1 atom stereocenters. The van der Waals surface area contributed by atoms with Crippen LogP contribution in [-0.2, 0) is 16.6 Å². The van der Waals surface area contributed by atoms with Crippen LogP contribution in [0.4, 0.5) is 0 Å². The van der Waals surface area contributed by atoms with Gasteiger partial charge in [-0.3, -0.25) is 0 Å². The van der Waals surface area contributed by atoms with E-state index >= 15 is 0 Å². The van der Waals surface area contributed by atoms with E-state index in [1.165, 1.54) is 11.3 Å². The monoisotopic (exact) mass is 334 g/mol. The number of thiophene rings is 1. The van der Waals surface area contributed by atoms with Crippen LogP contribution >= 0.6 is 23.1 Å². The van der Waals surface area contributed by atoms with E-state index < -0.39 is 10.0 Å². The van der Waals surface area contributed by atoms with Crippen LogP contribution in [0.3, 0.4) is 0 Å². The molecular weight excluding hydrogens is 312 g/mol. The summed E-state index contributed by atoms with van der Waals surface area (Å²) >= 11 is 3.14. The molecule has 1 aliphatic rings. The predicted octanol–water partition coefficient (Wildman–Crippen LogP) is 2.37. The van der Waals surface area contributed by atoms with Crippen LogP contribution in [0.25, 0.3) is 0 Å². The molecule has 1 aliphatic heterocycles. The van der Waals surface area contributed by atoms with Crippen molar-refractivity contribution >= 4 is 33.1 Å². The number of hydrogen-bond donors (Lipinski definition) is 1. The van der Waals surface area contributed by atoms with Crippen LogP contribution in [-0.4, -0.2) is 43.4 Å². The molecule has 0 aliphatic carbocycles. The van der Waals surface area contributed by atoms with Gasteiger partial charge >= 0.3 is 0 Å². The van der Waals surface area contributed by atoms with Gasteiger partial charge in [0, 0.05) is 31.4 Å². The minimum Gasteiger partial charge on any atom is -0.310 e. The highest BCUT2D eigenvalue weighted by molar-refractivity contribution is 7.99. The first-order valence-electron chi connectivity index (χ1n) is 6.78. The van der Waals surface area contributed by atoms with Crippen molar-refractivity contribution < 1.29 is 8.42 Å². The molecule has 0 aromatic carbocycles. The number of thioether (sulfide) groups is 1. The molecule has 1 unspecified atom stereocenters. The van der Waals surface area contributed by atoms with Crippen LogP contribution in [0, 0.1) is 0 Å². The zero-order chi connectivity index (χ0) is 14.8. The van der Waals surface area contributed by atoms with Gasteiger partial charge < -0.3 is 5.32 Å². The lowest BCUT2D eigenvalue weighted by Crippen LogP contribution is -2.36. The Kier molecular flexibility index (Phi) is 5.53. The molecule has 7 heteroatoms. The smallest absolute Gasteiger partial charge is 0.252 e. The van der Waals surface area contributed by atoms with E-state index in [4.69, 9.17) is 0 Å². The third-order valence-electron chi connectivity index (χ3n) is 3.40. The lowest BCUT2D eigenvalue weighted by atomic mass is 10.3. The SMILES string of the molecule is CC(C)NCc1csc(S(=O)(=O)N(C)C2CCSC2)c1. The van der Waals surface area contributed by atoms with Gasteiger partial charge in [0.15, 0.2) is 0 Å². The lowest BCUT2D eigenvalue weighted by Gasteiger charge is -2.22. The van der Waals surface area contributed by atoms with Crippen molar-refractivity contribution in [2.75, 3.05) is 18.6 Å². The molecule has 1 saturated heterocycles. The number of sulfonamides is 1. The summed E-state index contributed by atoms with van der Waals surface area (Å²) in [5, 5.41) is 5.24. The quantitative estimate of drug-likeness (QED) is 0.868. The molecule has 1 aromatic rings. The summed E-state index contributed by atoms with van der Waals surface area (Å²) in [7, 11) is -1.62. The topological polar surface area (TPSA) is 49.4 Å². The summed E-state index contributed by atoms with van der Waals surface area (Å²) in [5.74, 6) is 1.96. The van der Waals surface area contributed by atoms with E-state index in [-0.39, 0.29) is 6.04 Å². The van der Waals surface area contributed by atoms with Crippen LogP contribution in [0.2, 0.25) is 0 Å². The number of nitrogens with zero attached hydrogens (tertiary/aromatic N) is 1. The molecule has 1 aromatic heterocycles. The Hall–Kier alpha value is -0.0800. The summed E-state index contributed by atoms with van der Waals surface area (Å²) in [6.45, 7) is 4.87. The van der Waals surface area contributed by atoms with Crippen molar-refractivity contribution in [1.29, 1.82) is 0 Å². The van der Waals surface area contributed by atoms with Gasteiger partial charge in [0.2, 0.25) is 0 Å². The van der Waals surface area contributed by atoms with Crippen molar-refractivity contribution in [3.05, 3.63) is 17.0 Å². The fourth-order valence-electron chi connectivity index (χ4n) is 2.05. The molecule has 2 rings (SSSR count). The Morgan fingerprint density at radius 1 is 1.50 bits per heavy atom. The van der Waals surface area contributed by atoms with Gasteiger partial charge in [-0.15, -0.1) is 11.3 Å². The van der Waals surface area contributed by atoms with E-state index in [0.29, 0.717) is 16.8 Å². The molecule has 0 saturated carbocycles. The molecule has 1 N–H and O–H groups in total. The van der Waals surface area contributed by atoms with Crippen LogP contribution in [0.15, 0.2) is 15.7 Å². The first kappa shape index (κ1) is 16.3. The second-order valence-electron chi connectivity index (χ2n) is 5.35. The Balaban J connectivity index is 2.09. The third kappa shape index (κ3) is 3.76. The van der Waals surface area contributed by atoms with Gasteiger partial charge in [-0.25, -0.2) is 8.42 Å². The molecule has 20 heavy (non-hydrogen) atoms. The van der Waals surface area contributed by atoms with E-state index in [0.717, 1.165) is 23.5 Å². The third-order valence-corrected chi connectivity index (χ3v) is 7.92. The maximum Gasteiger partial charge on any atom is 0.252 e. The Morgan fingerprint density at radius 3 is 2.85 bits per heavy atom. The normalized spacial score (nSPS) is 20.1. The van der Waals surface area contributed by atoms with Crippen molar-refractivity contribution in [2.24, 2.45) is 0 Å². The first-order chi connectivity index (χ1) is 9.41. The van der Waals surface area contributed by atoms with Crippen molar-refractivity contribution in [2.45, 2.75) is 43.1 Å². The van der Waals surface area contributed by atoms with E-state index in [1.54, 1.807) is 17.4 Å². The van der Waals surface area contributed by atoms with E-state index in [1.807, 2.05) is 17.1 Å². The van der Waals surface area contributed by atoms with Gasteiger partial charge in [0.05, 0.1) is 0 Å². The summed E-state index contributed by atoms with van der Waals surface area (Å²) in [5.41, 5.74) is 1.04. The van der Waals surface area contributed by atoms with E-state index in [9.17, 15) is 8.42 Å². The van der Waals surface area contributed by atoms with Gasteiger partial charge in [-0.1, -0.05) is 13.8 Å². The molecule has 0 amide bonds. The average molecular weight is 335 g/mol. The lowest BCUT2D eigenvalue weighted by molar-refractivity contribution is 0.395. The molecule has 0 radical (unpaired) electrons. The summed E-state index contributed by atoms with van der Waals surface area (Å²) in [6.07, 6.45) is 0.952. The zero-order valence-corrected chi connectivity index (χ0v) is 14.6. The summed E-state index contributed by atoms with van der Waals surface area (Å²) < 4.78 is 27.2. The highest BCUT2D eigenvalue weighted by Crippen LogP contribution is 2.29. The minimum absolute atomic E-state index is 0.143. The van der Waals surface area contributed by atoms with E-state index in [2.05, 4.69) is 19.2 Å². The fourth-order valence-corrected chi connectivity index (χ4v) is 6.19. The van der Waals surface area contributed by atoms with Crippen molar-refractivity contribution in [1.82, 2.24) is 9.62 Å². The number of hydrogen-bond acceptors (Lipinski definition) is 5. The molecular formula is C13H22N2O2S3. The molecule has 0 bridgehead atoms. The predicted molar refractivity (Wildman–Crippen MR) is 87.0 cm³/mol. The summed E-state index contributed by atoms with van der Waals surface area (Å²) in [6, 6.07) is 2.34. The zero-order valence-electron chi connectivity index (χ0n) is 12.1. The largest absolute Gasteiger partial charge is 0.310 e. The fraction of sp³-hybridized carbons (Fsp3) is 0.692.